The van der Waals surface area contributed by atoms with Gasteiger partial charge in [0, 0.05) is 74.4 Å². The van der Waals surface area contributed by atoms with E-state index in [9.17, 15) is 22.2 Å². The molecule has 4 aliphatic rings. The number of nitrogens with zero attached hydrogens (tertiary/aromatic N) is 1. The zero-order valence-corrected chi connectivity index (χ0v) is 16.3. The van der Waals surface area contributed by atoms with Crippen LogP contribution in [-0.4, -0.2) is 30.4 Å². The molecule has 1 aromatic rings. The number of ketones is 1. The minimum absolute atomic E-state index is 0.110. The Balaban J connectivity index is 2.25. The molecule has 2 fully saturated rings. The van der Waals surface area contributed by atoms with Crippen LogP contribution in [0.1, 0.15) is 108 Å². The summed E-state index contributed by atoms with van der Waals surface area (Å²) in [6, 6.07) is 0.726. The normalized spacial score (nSPS) is 67.0. The molecular formula is C29H35NO2. The van der Waals surface area contributed by atoms with Crippen molar-refractivity contribution in [1.82, 2.24) is 0 Å². The molecule has 1 N–H and O–H groups in total. The average molecular weight is 458 g/mol. The monoisotopic (exact) mass is 457 g/mol. The highest BCUT2D eigenvalue weighted by Crippen LogP contribution is 2.66. The molecule has 32 heavy (non-hydrogen) atoms. The van der Waals surface area contributed by atoms with Gasteiger partial charge in [-0.1, -0.05) is 30.5 Å². The molecule has 0 radical (unpaired) electrons. The first-order valence-electron chi connectivity index (χ1n) is 23.4. The molecule has 1 aromatic carbocycles. The largest absolute Gasteiger partial charge is 0.378 e. The molecule has 0 amide bonds. The van der Waals surface area contributed by atoms with Gasteiger partial charge in [-0.2, -0.15) is 0 Å². The fraction of sp³-hybridized carbons (Fsp3) is 0.552. The van der Waals surface area contributed by atoms with Crippen LogP contribution in [-0.2, 0) is 4.79 Å². The predicted octanol–water partition coefficient (Wildman–Crippen LogP) is 5.41. The number of hydrogen-bond donors (Lipinski definition) is 1. The first-order chi connectivity index (χ1) is 26.2. The first-order valence-corrected chi connectivity index (χ1v) is 9.38. The van der Waals surface area contributed by atoms with E-state index in [-0.39, 0.29) is 4.90 Å². The number of allylic oxidation sites excluding steroid dienone is 4. The molecule has 0 saturated heterocycles. The number of anilines is 1. The molecule has 0 aliphatic heterocycles. The molecule has 2 saturated carbocycles. The number of carbonyl (C=O) groups is 1. The highest BCUT2D eigenvalue weighted by Gasteiger charge is 2.62. The maximum Gasteiger partial charge on any atom is 0.156 e. The van der Waals surface area contributed by atoms with Crippen molar-refractivity contribution < 1.29 is 48.3 Å². The van der Waals surface area contributed by atoms with E-state index in [1.54, 1.807) is 0 Å². The zero-order chi connectivity index (χ0) is 47.1. The lowest BCUT2D eigenvalue weighted by atomic mass is 9.51. The Morgan fingerprint density at radius 2 is 2.12 bits per heavy atom. The first kappa shape index (κ1) is 6.42. The van der Waals surface area contributed by atoms with Crippen LogP contribution in [0.3, 0.4) is 0 Å². The Morgan fingerprint density at radius 3 is 2.88 bits per heavy atom. The van der Waals surface area contributed by atoms with Crippen LogP contribution in [0, 0.1) is 29.0 Å². The van der Waals surface area contributed by atoms with Gasteiger partial charge in [-0.05, 0) is 91.8 Å². The summed E-state index contributed by atoms with van der Waals surface area (Å²) < 4.78 is 246. The van der Waals surface area contributed by atoms with Crippen molar-refractivity contribution in [3.05, 3.63) is 52.6 Å². The zero-order valence-electron chi connectivity index (χ0n) is 44.3. The van der Waals surface area contributed by atoms with E-state index in [0.29, 0.717) is 24.3 Å². The van der Waals surface area contributed by atoms with Crippen molar-refractivity contribution in [2.75, 3.05) is 18.9 Å². The van der Waals surface area contributed by atoms with Crippen molar-refractivity contribution in [3.63, 3.8) is 0 Å². The number of benzene rings is 1. The lowest BCUT2D eigenvalue weighted by Gasteiger charge is -2.53. The number of hydrogen-bond acceptors (Lipinski definition) is 3. The van der Waals surface area contributed by atoms with Crippen molar-refractivity contribution in [3.8, 4) is 11.8 Å². The molecule has 5 atom stereocenters. The Kier molecular flexibility index (Phi) is 1.53. The van der Waals surface area contributed by atoms with Gasteiger partial charge in [-0.25, -0.2) is 0 Å². The van der Waals surface area contributed by atoms with Gasteiger partial charge in [-0.3, -0.25) is 4.79 Å². The van der Waals surface area contributed by atoms with E-state index < -0.39 is 141 Å². The summed E-state index contributed by atoms with van der Waals surface area (Å²) in [6.07, 6.45) is -27.9. The second kappa shape index (κ2) is 7.63. The highest BCUT2D eigenvalue weighted by atomic mass is 16.3. The molecule has 0 bridgehead atoms. The van der Waals surface area contributed by atoms with E-state index in [0.717, 1.165) is 0 Å². The molecule has 3 nitrogen and oxygen atoms in total. The number of fused-ring (bicyclic) bond motifs is 4. The molecular weight excluding hydrogens is 394 g/mol. The summed E-state index contributed by atoms with van der Waals surface area (Å²) >= 11 is 0. The maximum atomic E-state index is 13.1. The minimum atomic E-state index is -4.95. The molecule has 0 unspecified atom stereocenters. The summed E-state index contributed by atoms with van der Waals surface area (Å²) in [5.41, 5.74) is -16.6. The Labute approximate surface area is 231 Å². The molecule has 168 valence electrons. The Morgan fingerprint density at radius 1 is 1.28 bits per heavy atom. The molecule has 4 aliphatic carbocycles. The summed E-state index contributed by atoms with van der Waals surface area (Å²) in [4.78, 5) is 13.0. The number of aliphatic hydroxyl groups is 1. The molecule has 5 rings (SSSR count). The summed E-state index contributed by atoms with van der Waals surface area (Å²) in [6.45, 7) is -15.3. The van der Waals surface area contributed by atoms with Crippen LogP contribution in [0.2, 0.25) is 0 Å². The summed E-state index contributed by atoms with van der Waals surface area (Å²) in [5, 5.41) is 12.6. The van der Waals surface area contributed by atoms with E-state index in [2.05, 4.69) is 0 Å². The van der Waals surface area contributed by atoms with Gasteiger partial charge in [0.05, 0.1) is 1.37 Å². The molecule has 0 heterocycles. The number of carbonyl (C=O) groups excluding carboxylic acids is 1. The minimum Gasteiger partial charge on any atom is -0.378 e. The molecule has 0 aromatic heterocycles. The van der Waals surface area contributed by atoms with Crippen LogP contribution >= 0.6 is 0 Å². The Hall–Kier alpha value is -2.31. The predicted molar refractivity (Wildman–Crippen MR) is 129 cm³/mol. The van der Waals surface area contributed by atoms with Gasteiger partial charge in [0.2, 0.25) is 0 Å². The maximum absolute atomic E-state index is 13.1. The van der Waals surface area contributed by atoms with Gasteiger partial charge in [0.25, 0.3) is 0 Å². The fourth-order valence-corrected chi connectivity index (χ4v) is 3.94. The third-order valence-electron chi connectivity index (χ3n) is 5.51. The summed E-state index contributed by atoms with van der Waals surface area (Å²) in [5.74, 6) is -12.6. The second-order valence-electron chi connectivity index (χ2n) is 7.37. The smallest absolute Gasteiger partial charge is 0.156 e. The van der Waals surface area contributed by atoms with Crippen molar-refractivity contribution >= 4 is 11.5 Å². The highest BCUT2D eigenvalue weighted by molar-refractivity contribution is 5.93. The third-order valence-corrected chi connectivity index (χ3v) is 5.51. The fourth-order valence-electron chi connectivity index (χ4n) is 3.94. The molecule has 3 heteroatoms. The standard InChI is InChI=1S/C29H35NO2/c1-5-15-29(32)16-14-26-24-12-8-20-17-22(31)11-13-23(20)27(24)25(18-28(26,29)2)19-6-9-21(10-7-19)30(3)4/h6-7,9-10,17,24-26,32H,8,11-14,16,18H2,1-4H3/t24-,25+,26-,28-,29-/m0/s1/i1D3,2D3,3D3,4D3,8D2,12D2,13D2,14D2,16D2,17D,18D2,24D,25D,26D. The van der Waals surface area contributed by atoms with Crippen LogP contribution in [0.25, 0.3) is 0 Å². The van der Waals surface area contributed by atoms with E-state index in [1.807, 2.05) is 0 Å². The lowest BCUT2D eigenvalue weighted by molar-refractivity contribution is -0.114. The lowest BCUT2D eigenvalue weighted by Crippen LogP contribution is -2.51. The van der Waals surface area contributed by atoms with Crippen LogP contribution in [0.5, 0.6) is 0 Å². The van der Waals surface area contributed by atoms with Crippen molar-refractivity contribution in [2.45, 2.75) is 69.9 Å². The second-order valence-corrected chi connectivity index (χ2v) is 7.37. The van der Waals surface area contributed by atoms with Crippen LogP contribution in [0.15, 0.2) is 47.0 Å². The van der Waals surface area contributed by atoms with Gasteiger partial charge in [0.1, 0.15) is 5.60 Å². The quantitative estimate of drug-likeness (QED) is 0.604. The van der Waals surface area contributed by atoms with Gasteiger partial charge in [0.15, 0.2) is 5.78 Å². The van der Waals surface area contributed by atoms with Gasteiger partial charge < -0.3 is 10.0 Å². The van der Waals surface area contributed by atoms with Crippen molar-refractivity contribution in [2.24, 2.45) is 17.2 Å². The summed E-state index contributed by atoms with van der Waals surface area (Å²) in [7, 11) is 0. The molecule has 0 spiro atoms. The van der Waals surface area contributed by atoms with Crippen LogP contribution in [0.4, 0.5) is 5.69 Å². The van der Waals surface area contributed by atoms with Crippen molar-refractivity contribution in [1.29, 1.82) is 0 Å². The van der Waals surface area contributed by atoms with E-state index in [4.69, 9.17) is 26.0 Å². The van der Waals surface area contributed by atoms with Gasteiger partial charge in [-0.15, -0.1) is 5.92 Å². The number of rotatable bonds is 2. The SMILES string of the molecule is [2H]C1=C2C(=C3[C@@]([2H])(c4ccc(N(C([2H])([2H])[2H])C([2H])([2H])[2H])cc4)C([2H])([2H])[C@@]4(C([2H])([2H])[2H])[C@@]([2H])(C([2H])([2H])C([2H])([2H])[C@@]4(O)C#CC([2H])([2H])[2H])[C@]3([2H])C([2H])([2H])C2([2H])[2H])C([2H])([2H])CC1=O. The van der Waals surface area contributed by atoms with Gasteiger partial charge >= 0.3 is 0 Å². The van der Waals surface area contributed by atoms with Crippen LogP contribution < -0.4 is 4.90 Å². The average Bonchev–Trinajstić information content (AvgIpc) is 3.10. The van der Waals surface area contributed by atoms with E-state index >= 15 is 0 Å². The Bertz CT molecular complexity index is 2150. The third kappa shape index (κ3) is 3.11. The topological polar surface area (TPSA) is 40.5 Å². The van der Waals surface area contributed by atoms with E-state index in [1.165, 1.54) is 11.8 Å².